The summed E-state index contributed by atoms with van der Waals surface area (Å²) >= 11 is 0. The SMILES string of the molecule is Cc1ncccc1[N-]C(C)C.[Rh]. The van der Waals surface area contributed by atoms with E-state index in [1.807, 2.05) is 19.1 Å². The molecule has 0 saturated heterocycles. The molecule has 1 aromatic rings. The van der Waals surface area contributed by atoms with Crippen LogP contribution < -0.4 is 0 Å². The number of aryl methyl sites for hydroxylation is 1. The fraction of sp³-hybridized carbons (Fsp3) is 0.444. The van der Waals surface area contributed by atoms with Gasteiger partial charge in [-0.2, -0.15) is 0 Å². The number of nitrogens with zero attached hydrogens (tertiary/aromatic N) is 2. The van der Waals surface area contributed by atoms with E-state index < -0.39 is 0 Å². The van der Waals surface area contributed by atoms with Gasteiger partial charge in [-0.3, -0.25) is 4.98 Å². The molecule has 0 unspecified atom stereocenters. The van der Waals surface area contributed by atoms with Crippen LogP contribution in [0.15, 0.2) is 18.3 Å². The van der Waals surface area contributed by atoms with Crippen molar-refractivity contribution in [1.29, 1.82) is 0 Å². The van der Waals surface area contributed by atoms with Crippen LogP contribution in [-0.4, -0.2) is 11.0 Å². The summed E-state index contributed by atoms with van der Waals surface area (Å²) in [5.41, 5.74) is 2.00. The van der Waals surface area contributed by atoms with Crippen molar-refractivity contribution in [3.8, 4) is 0 Å². The fourth-order valence-corrected chi connectivity index (χ4v) is 0.890. The molecule has 0 aliphatic carbocycles. The van der Waals surface area contributed by atoms with Crippen molar-refractivity contribution in [2.24, 2.45) is 0 Å². The second-order valence-corrected chi connectivity index (χ2v) is 2.83. The summed E-state index contributed by atoms with van der Waals surface area (Å²) in [7, 11) is 0. The first kappa shape index (κ1) is 11.6. The summed E-state index contributed by atoms with van der Waals surface area (Å²) in [6, 6.07) is 4.24. The Balaban J connectivity index is 0.00000121. The number of pyridine rings is 1. The molecule has 0 atom stereocenters. The normalized spacial score (nSPS) is 9.33. The average Bonchev–Trinajstić information content (AvgIpc) is 1.93. The molecule has 0 N–H and O–H groups in total. The van der Waals surface area contributed by atoms with Crippen LogP contribution in [0.4, 0.5) is 5.69 Å². The van der Waals surface area contributed by atoms with Gasteiger partial charge in [-0.1, -0.05) is 19.9 Å². The summed E-state index contributed by atoms with van der Waals surface area (Å²) < 4.78 is 0. The number of hydrogen-bond donors (Lipinski definition) is 0. The van der Waals surface area contributed by atoms with E-state index in [0.29, 0.717) is 6.04 Å². The third-order valence-electron chi connectivity index (χ3n) is 1.38. The Bertz CT molecular complexity index is 236. The second-order valence-electron chi connectivity index (χ2n) is 2.83. The minimum absolute atomic E-state index is 0. The average molecular weight is 252 g/mol. The maximum absolute atomic E-state index is 4.40. The topological polar surface area (TPSA) is 27.0 Å². The first-order valence-electron chi connectivity index (χ1n) is 3.82. The van der Waals surface area contributed by atoms with Crippen molar-refractivity contribution < 1.29 is 19.5 Å². The van der Waals surface area contributed by atoms with Gasteiger partial charge in [0.05, 0.1) is 0 Å². The molecule has 1 aromatic heterocycles. The van der Waals surface area contributed by atoms with Crippen LogP contribution in [0.3, 0.4) is 0 Å². The van der Waals surface area contributed by atoms with Gasteiger partial charge in [0.2, 0.25) is 0 Å². The summed E-state index contributed by atoms with van der Waals surface area (Å²) in [4.78, 5) is 4.14. The van der Waals surface area contributed by atoms with Crippen molar-refractivity contribution in [2.75, 3.05) is 0 Å². The molecule has 12 heavy (non-hydrogen) atoms. The van der Waals surface area contributed by atoms with Crippen molar-refractivity contribution in [2.45, 2.75) is 26.8 Å². The van der Waals surface area contributed by atoms with Gasteiger partial charge in [-0.15, -0.1) is 11.7 Å². The summed E-state index contributed by atoms with van der Waals surface area (Å²) in [6.45, 7) is 6.10. The molecule has 1 heterocycles. The van der Waals surface area contributed by atoms with Crippen molar-refractivity contribution >= 4 is 5.69 Å². The third-order valence-corrected chi connectivity index (χ3v) is 1.38. The Morgan fingerprint density at radius 3 is 2.58 bits per heavy atom. The van der Waals surface area contributed by atoms with Crippen LogP contribution in [0.1, 0.15) is 19.5 Å². The Kier molecular flexibility index (Phi) is 5.07. The predicted octanol–water partition coefficient (Wildman–Crippen LogP) is 2.80. The smallest absolute Gasteiger partial charge is 0.0270 e. The van der Waals surface area contributed by atoms with Crippen LogP contribution in [-0.2, 0) is 19.5 Å². The molecule has 0 fully saturated rings. The zero-order valence-corrected chi connectivity index (χ0v) is 9.18. The van der Waals surface area contributed by atoms with Crippen molar-refractivity contribution in [1.82, 2.24) is 4.98 Å². The van der Waals surface area contributed by atoms with Gasteiger partial charge in [0, 0.05) is 31.4 Å². The van der Waals surface area contributed by atoms with E-state index in [1.54, 1.807) is 6.20 Å². The van der Waals surface area contributed by atoms with Gasteiger partial charge in [0.1, 0.15) is 0 Å². The van der Waals surface area contributed by atoms with Crippen LogP contribution in [0.2, 0.25) is 0 Å². The van der Waals surface area contributed by atoms with Gasteiger partial charge in [-0.05, 0) is 13.0 Å². The minimum Gasteiger partial charge on any atom is -0.681 e. The molecule has 1 radical (unpaired) electrons. The number of aromatic nitrogens is 1. The molecule has 0 aliphatic heterocycles. The second kappa shape index (κ2) is 5.26. The molecule has 0 aliphatic rings. The molecule has 0 saturated carbocycles. The first-order valence-corrected chi connectivity index (χ1v) is 3.82. The van der Waals surface area contributed by atoms with Crippen molar-refractivity contribution in [3.05, 3.63) is 29.3 Å². The standard InChI is InChI=1S/C9H13N2.Rh/c1-7(2)11-9-5-4-6-10-8(9)3;/h4-7H,1-3H3;/q-1;. The van der Waals surface area contributed by atoms with E-state index in [-0.39, 0.29) is 19.5 Å². The number of hydrogen-bond acceptors (Lipinski definition) is 1. The molecule has 0 bridgehead atoms. The maximum atomic E-state index is 4.40. The van der Waals surface area contributed by atoms with Gasteiger partial charge >= 0.3 is 0 Å². The molecule has 0 spiro atoms. The minimum atomic E-state index is 0. The van der Waals surface area contributed by atoms with Crippen molar-refractivity contribution in [3.63, 3.8) is 0 Å². The number of rotatable bonds is 2. The zero-order valence-electron chi connectivity index (χ0n) is 7.54. The molecule has 69 valence electrons. The van der Waals surface area contributed by atoms with E-state index in [4.69, 9.17) is 0 Å². The molecule has 0 aromatic carbocycles. The fourth-order valence-electron chi connectivity index (χ4n) is 0.890. The van der Waals surface area contributed by atoms with Gasteiger partial charge in [0.25, 0.3) is 0 Å². The van der Waals surface area contributed by atoms with Crippen LogP contribution in [0.5, 0.6) is 0 Å². The Labute approximate surface area is 86.5 Å². The largest absolute Gasteiger partial charge is 0.681 e. The summed E-state index contributed by atoms with van der Waals surface area (Å²) in [6.07, 6.45) is 1.79. The third kappa shape index (κ3) is 3.31. The Hall–Kier alpha value is -0.427. The van der Waals surface area contributed by atoms with E-state index >= 15 is 0 Å². The molecule has 1 rings (SSSR count). The van der Waals surface area contributed by atoms with Gasteiger partial charge in [0.15, 0.2) is 0 Å². The van der Waals surface area contributed by atoms with E-state index in [1.165, 1.54) is 0 Å². The monoisotopic (exact) mass is 252 g/mol. The van der Waals surface area contributed by atoms with Crippen LogP contribution in [0.25, 0.3) is 5.32 Å². The van der Waals surface area contributed by atoms with Gasteiger partial charge < -0.3 is 5.32 Å². The predicted molar refractivity (Wildman–Crippen MR) is 47.1 cm³/mol. The summed E-state index contributed by atoms with van der Waals surface area (Å²) in [5.74, 6) is 0. The Morgan fingerprint density at radius 2 is 2.08 bits per heavy atom. The van der Waals surface area contributed by atoms with Crippen LogP contribution >= 0.6 is 0 Å². The van der Waals surface area contributed by atoms with E-state index in [9.17, 15) is 0 Å². The molecule has 0 amide bonds. The Morgan fingerprint density at radius 1 is 1.42 bits per heavy atom. The first-order chi connectivity index (χ1) is 5.20. The van der Waals surface area contributed by atoms with E-state index in [0.717, 1.165) is 11.4 Å². The molecule has 2 nitrogen and oxygen atoms in total. The molecular formula is C9H13N2Rh-. The van der Waals surface area contributed by atoms with Crippen LogP contribution in [0, 0.1) is 6.92 Å². The van der Waals surface area contributed by atoms with E-state index in [2.05, 4.69) is 24.1 Å². The summed E-state index contributed by atoms with van der Waals surface area (Å²) in [5, 5.41) is 4.40. The maximum Gasteiger partial charge on any atom is 0.0270 e. The van der Waals surface area contributed by atoms with Gasteiger partial charge in [-0.25, -0.2) is 0 Å². The quantitative estimate of drug-likeness (QED) is 0.743. The molecule has 3 heteroatoms. The zero-order chi connectivity index (χ0) is 8.27. The molecular weight excluding hydrogens is 239 g/mol.